The van der Waals surface area contributed by atoms with Gasteiger partial charge in [0.1, 0.15) is 0 Å². The second-order valence-corrected chi connectivity index (χ2v) is 9.39. The zero-order chi connectivity index (χ0) is 21.5. The van der Waals surface area contributed by atoms with Crippen molar-refractivity contribution in [1.29, 1.82) is 0 Å². The van der Waals surface area contributed by atoms with Crippen LogP contribution in [0.1, 0.15) is 129 Å². The molecule has 1 aliphatic heterocycles. The van der Waals surface area contributed by atoms with Gasteiger partial charge >= 0.3 is 6.03 Å². The van der Waals surface area contributed by atoms with Crippen molar-refractivity contribution < 1.29 is 4.79 Å². The highest BCUT2D eigenvalue weighted by Gasteiger charge is 2.09. The first-order chi connectivity index (χ1) is 14.8. The number of amides is 2. The zero-order valence-corrected chi connectivity index (χ0v) is 20.3. The van der Waals surface area contributed by atoms with Gasteiger partial charge in [0, 0.05) is 19.6 Å². The minimum atomic E-state index is 0.00738. The van der Waals surface area contributed by atoms with E-state index in [1.54, 1.807) is 0 Å². The highest BCUT2D eigenvalue weighted by molar-refractivity contribution is 5.73. The van der Waals surface area contributed by atoms with Crippen molar-refractivity contribution in [2.24, 2.45) is 0 Å². The van der Waals surface area contributed by atoms with Crippen molar-refractivity contribution in [1.82, 2.24) is 15.5 Å². The number of unbranched alkanes of at least 4 members (excludes halogenated alkanes) is 15. The fourth-order valence-electron chi connectivity index (χ4n) is 4.45. The molecule has 4 heteroatoms. The van der Waals surface area contributed by atoms with Crippen LogP contribution in [0.25, 0.3) is 0 Å². The maximum atomic E-state index is 11.8. The van der Waals surface area contributed by atoms with E-state index < -0.39 is 0 Å². The third-order valence-corrected chi connectivity index (χ3v) is 6.48. The smallest absolute Gasteiger partial charge is 0.314 e. The lowest BCUT2D eigenvalue weighted by atomic mass is 10.0. The predicted octanol–water partition coefficient (Wildman–Crippen LogP) is 7.03. The molecule has 178 valence electrons. The minimum Gasteiger partial charge on any atom is -0.338 e. The molecule has 1 heterocycles. The lowest BCUT2D eigenvalue weighted by Crippen LogP contribution is -2.41. The summed E-state index contributed by atoms with van der Waals surface area (Å²) in [6.45, 7) is 7.26. The van der Waals surface area contributed by atoms with Crippen molar-refractivity contribution in [3.05, 3.63) is 0 Å². The van der Waals surface area contributed by atoms with E-state index in [1.807, 2.05) is 0 Å². The molecule has 0 unspecified atom stereocenters. The lowest BCUT2D eigenvalue weighted by Gasteiger charge is -2.26. The van der Waals surface area contributed by atoms with Crippen LogP contribution in [0.2, 0.25) is 0 Å². The van der Waals surface area contributed by atoms with E-state index in [-0.39, 0.29) is 6.03 Å². The number of rotatable bonds is 20. The molecular weight excluding hydrogens is 370 g/mol. The maximum absolute atomic E-state index is 11.8. The fraction of sp³-hybridized carbons (Fsp3) is 0.962. The summed E-state index contributed by atoms with van der Waals surface area (Å²) in [4.78, 5) is 14.3. The Morgan fingerprint density at radius 3 is 1.53 bits per heavy atom. The summed E-state index contributed by atoms with van der Waals surface area (Å²) >= 11 is 0. The predicted molar refractivity (Wildman–Crippen MR) is 131 cm³/mol. The van der Waals surface area contributed by atoms with Crippen molar-refractivity contribution >= 4 is 6.03 Å². The standard InChI is InChI=1S/C26H53N3O/c1-2-3-4-5-6-7-8-9-10-11-12-13-14-15-16-18-21-27-26(30)28-22-25-29-23-19-17-20-24-29/h2-25H2,1H3,(H2,27,28,30). The first-order valence-electron chi connectivity index (χ1n) is 13.6. The summed E-state index contributed by atoms with van der Waals surface area (Å²) in [5.41, 5.74) is 0. The van der Waals surface area contributed by atoms with Crippen LogP contribution < -0.4 is 10.6 Å². The number of piperidine rings is 1. The number of urea groups is 1. The Balaban J connectivity index is 1.70. The molecule has 1 rings (SSSR count). The molecule has 0 aromatic carbocycles. The summed E-state index contributed by atoms with van der Waals surface area (Å²) < 4.78 is 0. The third-order valence-electron chi connectivity index (χ3n) is 6.48. The Kier molecular flexibility index (Phi) is 19.5. The normalized spacial score (nSPS) is 14.7. The molecule has 1 saturated heterocycles. The maximum Gasteiger partial charge on any atom is 0.314 e. The second kappa shape index (κ2) is 21.5. The number of nitrogens with zero attached hydrogens (tertiary/aromatic N) is 1. The summed E-state index contributed by atoms with van der Waals surface area (Å²) in [5.74, 6) is 0. The largest absolute Gasteiger partial charge is 0.338 e. The molecule has 0 bridgehead atoms. The molecular formula is C26H53N3O. The summed E-state index contributed by atoms with van der Waals surface area (Å²) in [6.07, 6.45) is 26.1. The van der Waals surface area contributed by atoms with Crippen LogP contribution in [0, 0.1) is 0 Å². The van der Waals surface area contributed by atoms with Gasteiger partial charge in [-0.1, -0.05) is 110 Å². The molecule has 0 radical (unpaired) electrons. The zero-order valence-electron chi connectivity index (χ0n) is 20.3. The van der Waals surface area contributed by atoms with Gasteiger partial charge in [0.25, 0.3) is 0 Å². The van der Waals surface area contributed by atoms with E-state index in [0.717, 1.165) is 26.1 Å². The van der Waals surface area contributed by atoms with Crippen molar-refractivity contribution in [2.45, 2.75) is 129 Å². The average molecular weight is 424 g/mol. The van der Waals surface area contributed by atoms with Crippen LogP contribution in [-0.2, 0) is 0 Å². The molecule has 0 aliphatic carbocycles. The van der Waals surface area contributed by atoms with Gasteiger partial charge in [-0.2, -0.15) is 0 Å². The molecule has 0 spiro atoms. The van der Waals surface area contributed by atoms with E-state index in [2.05, 4.69) is 22.5 Å². The van der Waals surface area contributed by atoms with Gasteiger partial charge in [-0.3, -0.25) is 0 Å². The monoisotopic (exact) mass is 423 g/mol. The van der Waals surface area contributed by atoms with Crippen molar-refractivity contribution in [3.63, 3.8) is 0 Å². The van der Waals surface area contributed by atoms with E-state index in [9.17, 15) is 4.79 Å². The first kappa shape index (κ1) is 27.3. The van der Waals surface area contributed by atoms with Crippen LogP contribution >= 0.6 is 0 Å². The Morgan fingerprint density at radius 1 is 0.600 bits per heavy atom. The number of carbonyl (C=O) groups is 1. The summed E-state index contributed by atoms with van der Waals surface area (Å²) in [6, 6.07) is 0.00738. The average Bonchev–Trinajstić information content (AvgIpc) is 2.76. The van der Waals surface area contributed by atoms with Crippen molar-refractivity contribution in [2.75, 3.05) is 32.7 Å². The Hall–Kier alpha value is -0.770. The second-order valence-electron chi connectivity index (χ2n) is 9.39. The van der Waals surface area contributed by atoms with Crippen LogP contribution in [0.3, 0.4) is 0 Å². The van der Waals surface area contributed by atoms with Crippen LogP contribution in [0.15, 0.2) is 0 Å². The number of hydrogen-bond donors (Lipinski definition) is 2. The molecule has 0 atom stereocenters. The van der Waals surface area contributed by atoms with E-state index in [1.165, 1.54) is 129 Å². The first-order valence-corrected chi connectivity index (χ1v) is 13.6. The molecule has 0 saturated carbocycles. The summed E-state index contributed by atoms with van der Waals surface area (Å²) in [7, 11) is 0. The van der Waals surface area contributed by atoms with E-state index >= 15 is 0 Å². The van der Waals surface area contributed by atoms with Gasteiger partial charge in [0.15, 0.2) is 0 Å². The number of nitrogens with one attached hydrogen (secondary N) is 2. The SMILES string of the molecule is CCCCCCCCCCCCCCCCCCNC(=O)NCCN1CCCCC1. The molecule has 4 nitrogen and oxygen atoms in total. The molecule has 1 fully saturated rings. The van der Waals surface area contributed by atoms with Crippen LogP contribution in [-0.4, -0.2) is 43.7 Å². The minimum absolute atomic E-state index is 0.00738. The fourth-order valence-corrected chi connectivity index (χ4v) is 4.45. The number of carbonyl (C=O) groups excluding carboxylic acids is 1. The van der Waals surface area contributed by atoms with E-state index in [4.69, 9.17) is 0 Å². The van der Waals surface area contributed by atoms with Crippen LogP contribution in [0.4, 0.5) is 4.79 Å². The summed E-state index contributed by atoms with van der Waals surface area (Å²) in [5, 5.41) is 5.99. The quantitative estimate of drug-likeness (QED) is 0.206. The van der Waals surface area contributed by atoms with Crippen LogP contribution in [0.5, 0.6) is 0 Å². The molecule has 30 heavy (non-hydrogen) atoms. The van der Waals surface area contributed by atoms with Gasteiger partial charge in [0.2, 0.25) is 0 Å². The van der Waals surface area contributed by atoms with Gasteiger partial charge in [0.05, 0.1) is 0 Å². The van der Waals surface area contributed by atoms with Gasteiger partial charge < -0.3 is 15.5 Å². The number of likely N-dealkylation sites (tertiary alicyclic amines) is 1. The van der Waals surface area contributed by atoms with Gasteiger partial charge in [-0.15, -0.1) is 0 Å². The molecule has 1 aliphatic rings. The Labute approximate surface area is 188 Å². The van der Waals surface area contributed by atoms with E-state index in [0.29, 0.717) is 0 Å². The molecule has 2 N–H and O–H groups in total. The molecule has 0 aromatic heterocycles. The molecule has 2 amide bonds. The third kappa shape index (κ3) is 18.0. The van der Waals surface area contributed by atoms with Gasteiger partial charge in [-0.25, -0.2) is 4.79 Å². The highest BCUT2D eigenvalue weighted by Crippen LogP contribution is 2.13. The Bertz CT molecular complexity index is 369. The highest BCUT2D eigenvalue weighted by atomic mass is 16.2. The lowest BCUT2D eigenvalue weighted by molar-refractivity contribution is 0.220. The van der Waals surface area contributed by atoms with Gasteiger partial charge in [-0.05, 0) is 32.4 Å². The number of hydrogen-bond acceptors (Lipinski definition) is 2. The molecule has 0 aromatic rings. The topological polar surface area (TPSA) is 44.4 Å². The van der Waals surface area contributed by atoms with Crippen molar-refractivity contribution in [3.8, 4) is 0 Å². The Morgan fingerprint density at radius 2 is 1.03 bits per heavy atom.